The summed E-state index contributed by atoms with van der Waals surface area (Å²) < 4.78 is 16.4. The van der Waals surface area contributed by atoms with E-state index in [9.17, 15) is 29.7 Å². The number of esters is 3. The number of terminal acetylenes is 2. The van der Waals surface area contributed by atoms with Gasteiger partial charge in [-0.15, -0.1) is 24.7 Å². The predicted octanol–water partition coefficient (Wildman–Crippen LogP) is 5.46. The monoisotopic (exact) mass is 701 g/mol. The molecule has 0 aliphatic heterocycles. The third-order valence-corrected chi connectivity index (χ3v) is 9.12. The number of allylic oxidation sites excluding steroid dienone is 2. The second-order valence-corrected chi connectivity index (χ2v) is 12.9. The molecule has 1 aromatic carbocycles. The molecule has 10 heteroatoms. The second kappa shape index (κ2) is 22.4. The topological polar surface area (TPSA) is 152 Å². The Morgan fingerprint density at radius 3 is 2.27 bits per heavy atom. The highest BCUT2D eigenvalue weighted by atomic mass is 16.5. The highest BCUT2D eigenvalue weighted by Crippen LogP contribution is 2.38. The van der Waals surface area contributed by atoms with Gasteiger partial charge in [0.05, 0.1) is 36.8 Å². The molecule has 1 aliphatic carbocycles. The molecule has 0 unspecified atom stereocenters. The van der Waals surface area contributed by atoms with Crippen molar-refractivity contribution < 1.29 is 43.9 Å². The van der Waals surface area contributed by atoms with Crippen LogP contribution in [0.2, 0.25) is 0 Å². The van der Waals surface area contributed by atoms with Gasteiger partial charge in [0.1, 0.15) is 13.2 Å². The molecule has 0 bridgehead atoms. The fourth-order valence-corrected chi connectivity index (χ4v) is 6.21. The van der Waals surface area contributed by atoms with E-state index in [-0.39, 0.29) is 62.9 Å². The first-order valence-electron chi connectivity index (χ1n) is 17.7. The van der Waals surface area contributed by atoms with Crippen molar-refractivity contribution in [2.24, 2.45) is 11.8 Å². The van der Waals surface area contributed by atoms with Gasteiger partial charge in [-0.25, -0.2) is 0 Å². The molecule has 0 radical (unpaired) electrons. The molecular weight excluding hydrogens is 650 g/mol. The molecule has 0 saturated heterocycles. The normalized spacial score (nSPS) is 18.9. The predicted molar refractivity (Wildman–Crippen MR) is 192 cm³/mol. The highest BCUT2D eigenvalue weighted by Gasteiger charge is 2.40. The van der Waals surface area contributed by atoms with Crippen molar-refractivity contribution in [2.75, 3.05) is 0 Å². The van der Waals surface area contributed by atoms with Gasteiger partial charge in [-0.3, -0.25) is 19.4 Å². The zero-order valence-corrected chi connectivity index (χ0v) is 29.5. The van der Waals surface area contributed by atoms with Crippen LogP contribution in [0.1, 0.15) is 99.4 Å². The van der Waals surface area contributed by atoms with Crippen molar-refractivity contribution in [2.45, 2.75) is 122 Å². The van der Waals surface area contributed by atoms with E-state index >= 15 is 0 Å². The number of carbonyl (C=O) groups is 3. The Labute approximate surface area is 301 Å². The van der Waals surface area contributed by atoms with Gasteiger partial charge in [-0.05, 0) is 75.7 Å². The number of carbonyl (C=O) groups excluding carboxylic acids is 3. The molecule has 2 aromatic rings. The Kier molecular flexibility index (Phi) is 18.0. The summed E-state index contributed by atoms with van der Waals surface area (Å²) in [5.74, 6) is 3.17. The van der Waals surface area contributed by atoms with E-state index < -0.39 is 36.2 Å². The zero-order valence-electron chi connectivity index (χ0n) is 29.5. The number of aromatic nitrogens is 1. The van der Waals surface area contributed by atoms with Crippen molar-refractivity contribution >= 4 is 17.9 Å². The lowest BCUT2D eigenvalue weighted by Crippen LogP contribution is -2.23. The van der Waals surface area contributed by atoms with E-state index in [0.29, 0.717) is 61.8 Å². The third kappa shape index (κ3) is 14.3. The van der Waals surface area contributed by atoms with Gasteiger partial charge in [0.2, 0.25) is 0 Å². The maximum atomic E-state index is 12.9. The van der Waals surface area contributed by atoms with E-state index in [1.54, 1.807) is 6.92 Å². The molecule has 1 aliphatic rings. The number of benzene rings is 1. The SMILES string of the molecule is C#CCCC(=O)OCc1cnc(C)c(OC(=O)CCC/C=C\C[C@@H]2[C@@H](CC[C@@H](O)CCc3ccccc3)[C@H](O)C[C@@H]2O)c1COC(=O)CCC#C. The Morgan fingerprint density at radius 1 is 0.922 bits per heavy atom. The van der Waals surface area contributed by atoms with Crippen molar-refractivity contribution in [3.05, 3.63) is 71.1 Å². The molecule has 1 aromatic heterocycles. The number of rotatable bonds is 21. The number of hydrogen-bond donors (Lipinski definition) is 3. The molecule has 10 nitrogen and oxygen atoms in total. The first-order chi connectivity index (χ1) is 24.6. The van der Waals surface area contributed by atoms with Crippen LogP contribution in [0.3, 0.4) is 0 Å². The Balaban J connectivity index is 1.51. The summed E-state index contributed by atoms with van der Waals surface area (Å²) in [5.41, 5.74) is 2.36. The van der Waals surface area contributed by atoms with Crippen LogP contribution in [0.4, 0.5) is 0 Å². The smallest absolute Gasteiger partial charge is 0.311 e. The van der Waals surface area contributed by atoms with E-state index in [4.69, 9.17) is 27.1 Å². The van der Waals surface area contributed by atoms with E-state index in [1.165, 1.54) is 11.8 Å². The van der Waals surface area contributed by atoms with Gasteiger partial charge < -0.3 is 29.5 Å². The van der Waals surface area contributed by atoms with Gasteiger partial charge in [0.25, 0.3) is 0 Å². The van der Waals surface area contributed by atoms with Gasteiger partial charge in [-0.2, -0.15) is 0 Å². The Hall–Kier alpha value is -4.48. The van der Waals surface area contributed by atoms with Crippen LogP contribution in [0, 0.1) is 43.4 Å². The minimum absolute atomic E-state index is 0.0267. The molecular formula is C41H51NO9. The van der Waals surface area contributed by atoms with E-state index in [1.807, 2.05) is 42.5 Å². The first kappa shape index (κ1) is 40.9. The summed E-state index contributed by atoms with van der Waals surface area (Å²) in [7, 11) is 0. The molecule has 1 fully saturated rings. The van der Waals surface area contributed by atoms with Crippen LogP contribution < -0.4 is 4.74 Å². The molecule has 274 valence electrons. The quantitative estimate of drug-likeness (QED) is 0.0663. The number of aliphatic hydroxyl groups excluding tert-OH is 3. The number of unbranched alkanes of at least 4 members (excludes halogenated alkanes) is 1. The molecule has 3 N–H and O–H groups in total. The van der Waals surface area contributed by atoms with Crippen molar-refractivity contribution in [3.8, 4) is 30.4 Å². The zero-order chi connectivity index (χ0) is 37.0. The number of aryl methyl sites for hydroxylation is 2. The van der Waals surface area contributed by atoms with Crippen LogP contribution in [-0.4, -0.2) is 56.5 Å². The van der Waals surface area contributed by atoms with Crippen LogP contribution in [-0.2, 0) is 43.5 Å². The van der Waals surface area contributed by atoms with Crippen molar-refractivity contribution in [3.63, 3.8) is 0 Å². The molecule has 0 amide bonds. The standard InChI is InChI=1S/C41H51NO9/c1-4-6-18-38(46)49-27-31-26-42-29(3)41(35(31)28-50-39(47)19-7-5-2)51-40(48)20-14-9-8-13-17-33-34(37(45)25-36(33)44)24-23-32(43)22-21-30-15-11-10-12-16-30/h1-2,8,10-13,15-16,26,32-34,36-37,43-45H,6-7,9,14,17-25,27-28H2,3H3/b13-8-/t32-,33+,34+,36-,37+/m0/s1. The second-order valence-electron chi connectivity index (χ2n) is 12.9. The molecule has 3 rings (SSSR count). The molecule has 51 heavy (non-hydrogen) atoms. The van der Waals surface area contributed by atoms with Crippen molar-refractivity contribution in [1.82, 2.24) is 4.98 Å². The number of hydrogen-bond acceptors (Lipinski definition) is 10. The summed E-state index contributed by atoms with van der Waals surface area (Å²) >= 11 is 0. The van der Waals surface area contributed by atoms with Gasteiger partial charge >= 0.3 is 17.9 Å². The van der Waals surface area contributed by atoms with Crippen LogP contribution in [0.25, 0.3) is 0 Å². The maximum absolute atomic E-state index is 12.9. The van der Waals surface area contributed by atoms with E-state index in [2.05, 4.69) is 16.8 Å². The summed E-state index contributed by atoms with van der Waals surface area (Å²) in [5, 5.41) is 31.8. The van der Waals surface area contributed by atoms with Crippen molar-refractivity contribution in [1.29, 1.82) is 0 Å². The molecule has 1 saturated carbocycles. The fourth-order valence-electron chi connectivity index (χ4n) is 6.21. The average molecular weight is 702 g/mol. The number of nitrogens with zero attached hydrogens (tertiary/aromatic N) is 1. The summed E-state index contributed by atoms with van der Waals surface area (Å²) in [6, 6.07) is 10.0. The molecule has 0 spiro atoms. The number of aliphatic hydroxyl groups is 3. The van der Waals surface area contributed by atoms with Gasteiger partial charge in [0, 0.05) is 36.6 Å². The fraction of sp³-hybridized carbons (Fsp3) is 0.512. The summed E-state index contributed by atoms with van der Waals surface area (Å²) in [6.45, 7) is 1.25. The number of pyridine rings is 1. The minimum Gasteiger partial charge on any atom is -0.461 e. The van der Waals surface area contributed by atoms with Crippen LogP contribution >= 0.6 is 0 Å². The minimum atomic E-state index is -0.615. The lowest BCUT2D eigenvalue weighted by molar-refractivity contribution is -0.146. The summed E-state index contributed by atoms with van der Waals surface area (Å²) in [6.07, 6.45) is 19.5. The third-order valence-electron chi connectivity index (χ3n) is 9.12. The maximum Gasteiger partial charge on any atom is 0.311 e. The number of ether oxygens (including phenoxy) is 3. The Morgan fingerprint density at radius 2 is 1.59 bits per heavy atom. The average Bonchev–Trinajstić information content (AvgIpc) is 3.40. The Bertz CT molecular complexity index is 1520. The van der Waals surface area contributed by atoms with Gasteiger partial charge in [-0.1, -0.05) is 42.5 Å². The van der Waals surface area contributed by atoms with Crippen LogP contribution in [0.15, 0.2) is 48.7 Å². The lowest BCUT2D eigenvalue weighted by Gasteiger charge is -2.23. The molecule has 5 atom stereocenters. The first-order valence-corrected chi connectivity index (χ1v) is 17.7. The summed E-state index contributed by atoms with van der Waals surface area (Å²) in [4.78, 5) is 41.5. The highest BCUT2D eigenvalue weighted by molar-refractivity contribution is 5.74. The molecule has 1 heterocycles. The lowest BCUT2D eigenvalue weighted by atomic mass is 9.85. The van der Waals surface area contributed by atoms with E-state index in [0.717, 1.165) is 6.42 Å². The largest absolute Gasteiger partial charge is 0.461 e. The van der Waals surface area contributed by atoms with Crippen LogP contribution in [0.5, 0.6) is 5.75 Å². The van der Waals surface area contributed by atoms with Gasteiger partial charge in [0.15, 0.2) is 5.75 Å².